The molecule has 1 fully saturated rings. The molecule has 110 valence electrons. The van der Waals surface area contributed by atoms with Gasteiger partial charge in [0, 0.05) is 33.2 Å². The number of ether oxygens (including phenoxy) is 2. The Morgan fingerprint density at radius 3 is 2.74 bits per heavy atom. The van der Waals surface area contributed by atoms with E-state index in [1.54, 1.807) is 7.11 Å². The Kier molecular flexibility index (Phi) is 7.39. The van der Waals surface area contributed by atoms with Gasteiger partial charge >= 0.3 is 0 Å². The van der Waals surface area contributed by atoms with Gasteiger partial charge in [-0.3, -0.25) is 9.59 Å². The van der Waals surface area contributed by atoms with Gasteiger partial charge < -0.3 is 25.8 Å². The average Bonchev–Trinajstić information content (AvgIpc) is 2.87. The number of carbonyl (C=O) groups is 2. The van der Waals surface area contributed by atoms with Gasteiger partial charge in [0.25, 0.3) is 0 Å². The van der Waals surface area contributed by atoms with E-state index in [1.807, 2.05) is 0 Å². The zero-order chi connectivity index (χ0) is 14.1. The molecule has 1 aliphatic rings. The van der Waals surface area contributed by atoms with E-state index in [9.17, 15) is 9.59 Å². The Morgan fingerprint density at radius 2 is 2.11 bits per heavy atom. The number of nitrogens with two attached hydrogens (primary N) is 1. The fourth-order valence-corrected chi connectivity index (χ4v) is 1.87. The third-order valence-corrected chi connectivity index (χ3v) is 2.94. The standard InChI is InChI=1S/C12H23N3O4/c1-18-7-6-14-11(16)4-5-15-12(17)10-3-2-9(8-13)19-10/h9-10H,2-8,13H2,1H3,(H,14,16)(H,15,17). The zero-order valence-corrected chi connectivity index (χ0v) is 11.3. The summed E-state index contributed by atoms with van der Waals surface area (Å²) < 4.78 is 10.3. The highest BCUT2D eigenvalue weighted by Gasteiger charge is 2.29. The third-order valence-electron chi connectivity index (χ3n) is 2.94. The molecule has 0 saturated carbocycles. The molecule has 19 heavy (non-hydrogen) atoms. The molecule has 4 N–H and O–H groups in total. The fraction of sp³-hybridized carbons (Fsp3) is 0.833. The van der Waals surface area contributed by atoms with Crippen LogP contribution in [0.15, 0.2) is 0 Å². The van der Waals surface area contributed by atoms with Crippen molar-refractivity contribution in [3.05, 3.63) is 0 Å². The summed E-state index contributed by atoms with van der Waals surface area (Å²) >= 11 is 0. The minimum Gasteiger partial charge on any atom is -0.383 e. The second-order valence-corrected chi connectivity index (χ2v) is 4.44. The van der Waals surface area contributed by atoms with E-state index in [1.165, 1.54) is 0 Å². The molecule has 0 bridgehead atoms. The summed E-state index contributed by atoms with van der Waals surface area (Å²) in [5, 5.41) is 5.37. The maximum atomic E-state index is 11.7. The highest BCUT2D eigenvalue weighted by Crippen LogP contribution is 2.18. The Balaban J connectivity index is 2.09. The number of carbonyl (C=O) groups excluding carboxylic acids is 2. The van der Waals surface area contributed by atoms with Crippen LogP contribution in [-0.2, 0) is 19.1 Å². The van der Waals surface area contributed by atoms with Crippen molar-refractivity contribution in [3.8, 4) is 0 Å². The van der Waals surface area contributed by atoms with E-state index in [0.29, 0.717) is 32.7 Å². The number of hydrogen-bond acceptors (Lipinski definition) is 5. The van der Waals surface area contributed by atoms with E-state index in [2.05, 4.69) is 10.6 Å². The largest absolute Gasteiger partial charge is 0.383 e. The fourth-order valence-electron chi connectivity index (χ4n) is 1.87. The molecule has 7 heteroatoms. The molecule has 0 aromatic carbocycles. The second kappa shape index (κ2) is 8.84. The van der Waals surface area contributed by atoms with Crippen LogP contribution in [0.3, 0.4) is 0 Å². The summed E-state index contributed by atoms with van der Waals surface area (Å²) in [4.78, 5) is 23.1. The maximum absolute atomic E-state index is 11.7. The lowest BCUT2D eigenvalue weighted by Gasteiger charge is -2.12. The average molecular weight is 273 g/mol. The quantitative estimate of drug-likeness (QED) is 0.480. The van der Waals surface area contributed by atoms with Crippen molar-refractivity contribution in [2.24, 2.45) is 5.73 Å². The van der Waals surface area contributed by atoms with Crippen molar-refractivity contribution in [2.75, 3.05) is 33.4 Å². The van der Waals surface area contributed by atoms with E-state index >= 15 is 0 Å². The van der Waals surface area contributed by atoms with Gasteiger partial charge in [-0.05, 0) is 12.8 Å². The van der Waals surface area contributed by atoms with Crippen LogP contribution in [-0.4, -0.2) is 57.4 Å². The first-order valence-electron chi connectivity index (χ1n) is 6.56. The molecular formula is C12H23N3O4. The monoisotopic (exact) mass is 273 g/mol. The molecule has 0 aromatic rings. The van der Waals surface area contributed by atoms with Crippen LogP contribution in [0.1, 0.15) is 19.3 Å². The predicted molar refractivity (Wildman–Crippen MR) is 69.5 cm³/mol. The number of methoxy groups -OCH3 is 1. The molecule has 1 saturated heterocycles. The molecule has 1 heterocycles. The molecule has 2 amide bonds. The molecular weight excluding hydrogens is 250 g/mol. The number of amides is 2. The van der Waals surface area contributed by atoms with Crippen molar-refractivity contribution in [1.29, 1.82) is 0 Å². The first-order chi connectivity index (χ1) is 9.17. The molecule has 2 unspecified atom stereocenters. The molecule has 0 aliphatic carbocycles. The van der Waals surface area contributed by atoms with E-state index < -0.39 is 6.10 Å². The van der Waals surface area contributed by atoms with Gasteiger partial charge in [0.15, 0.2) is 0 Å². The van der Waals surface area contributed by atoms with E-state index in [0.717, 1.165) is 6.42 Å². The molecule has 0 spiro atoms. The van der Waals surface area contributed by atoms with Crippen LogP contribution in [0.2, 0.25) is 0 Å². The van der Waals surface area contributed by atoms with Crippen LogP contribution < -0.4 is 16.4 Å². The lowest BCUT2D eigenvalue weighted by molar-refractivity contribution is -0.131. The van der Waals surface area contributed by atoms with Crippen molar-refractivity contribution >= 4 is 11.8 Å². The third kappa shape index (κ3) is 6.00. The van der Waals surface area contributed by atoms with Gasteiger partial charge in [-0.2, -0.15) is 0 Å². The minimum absolute atomic E-state index is 0.0203. The molecule has 7 nitrogen and oxygen atoms in total. The molecule has 2 atom stereocenters. The Bertz CT molecular complexity index is 299. The van der Waals surface area contributed by atoms with Gasteiger partial charge in [-0.1, -0.05) is 0 Å². The Labute approximate surface area is 113 Å². The summed E-state index contributed by atoms with van der Waals surface area (Å²) in [6.45, 7) is 1.71. The number of rotatable bonds is 8. The van der Waals surface area contributed by atoms with Gasteiger partial charge in [0.2, 0.25) is 11.8 Å². The second-order valence-electron chi connectivity index (χ2n) is 4.44. The summed E-state index contributed by atoms with van der Waals surface area (Å²) in [5.74, 6) is -0.273. The lowest BCUT2D eigenvalue weighted by atomic mass is 10.2. The molecule has 0 radical (unpaired) electrons. The van der Waals surface area contributed by atoms with Gasteiger partial charge in [-0.15, -0.1) is 0 Å². The smallest absolute Gasteiger partial charge is 0.249 e. The number of nitrogens with one attached hydrogen (secondary N) is 2. The molecule has 0 aromatic heterocycles. The number of hydrogen-bond donors (Lipinski definition) is 3. The van der Waals surface area contributed by atoms with Gasteiger partial charge in [-0.25, -0.2) is 0 Å². The summed E-state index contributed by atoms with van der Waals surface area (Å²) in [7, 11) is 1.57. The first kappa shape index (κ1) is 15.9. The van der Waals surface area contributed by atoms with Crippen molar-refractivity contribution < 1.29 is 19.1 Å². The topological polar surface area (TPSA) is 103 Å². The highest BCUT2D eigenvalue weighted by atomic mass is 16.5. The molecule has 1 aliphatic heterocycles. The Morgan fingerprint density at radius 1 is 1.32 bits per heavy atom. The normalized spacial score (nSPS) is 22.2. The van der Waals surface area contributed by atoms with Crippen molar-refractivity contribution in [2.45, 2.75) is 31.5 Å². The Hall–Kier alpha value is -1.18. The SMILES string of the molecule is COCCNC(=O)CCNC(=O)C1CCC(CN)O1. The molecule has 1 rings (SSSR count). The maximum Gasteiger partial charge on any atom is 0.249 e. The zero-order valence-electron chi connectivity index (χ0n) is 11.3. The summed E-state index contributed by atoms with van der Waals surface area (Å²) in [6.07, 6.45) is 1.31. The van der Waals surface area contributed by atoms with E-state index in [-0.39, 0.29) is 24.3 Å². The first-order valence-corrected chi connectivity index (χ1v) is 6.56. The van der Waals surface area contributed by atoms with Crippen molar-refractivity contribution in [1.82, 2.24) is 10.6 Å². The minimum atomic E-state index is -0.426. The predicted octanol–water partition coefficient (Wildman–Crippen LogP) is -1.24. The van der Waals surface area contributed by atoms with E-state index in [4.69, 9.17) is 15.2 Å². The lowest BCUT2D eigenvalue weighted by Crippen LogP contribution is -2.38. The van der Waals surface area contributed by atoms with Crippen LogP contribution in [0, 0.1) is 0 Å². The summed E-state index contributed by atoms with van der Waals surface area (Å²) in [5.41, 5.74) is 5.47. The van der Waals surface area contributed by atoms with Gasteiger partial charge in [0.1, 0.15) is 6.10 Å². The summed E-state index contributed by atoms with van der Waals surface area (Å²) in [6, 6.07) is 0. The van der Waals surface area contributed by atoms with Crippen molar-refractivity contribution in [3.63, 3.8) is 0 Å². The van der Waals surface area contributed by atoms with Crippen LogP contribution in [0.4, 0.5) is 0 Å². The van der Waals surface area contributed by atoms with Crippen LogP contribution in [0.5, 0.6) is 0 Å². The van der Waals surface area contributed by atoms with Crippen LogP contribution in [0.25, 0.3) is 0 Å². The van der Waals surface area contributed by atoms with Crippen LogP contribution >= 0.6 is 0 Å². The van der Waals surface area contributed by atoms with Gasteiger partial charge in [0.05, 0.1) is 12.7 Å². The highest BCUT2D eigenvalue weighted by molar-refractivity contribution is 5.82.